The molecule has 22 heavy (non-hydrogen) atoms. The molecule has 110 valence electrons. The Bertz CT molecular complexity index is 795. The molecule has 4 N–H and O–H groups in total. The van der Waals surface area contributed by atoms with E-state index in [0.29, 0.717) is 5.58 Å². The van der Waals surface area contributed by atoms with Crippen molar-refractivity contribution in [1.82, 2.24) is 4.98 Å². The van der Waals surface area contributed by atoms with E-state index in [0.717, 1.165) is 11.2 Å². The maximum Gasteiger partial charge on any atom is 0.302 e. The Morgan fingerprint density at radius 2 is 1.77 bits per heavy atom. The number of hydrogen-bond acceptors (Lipinski definition) is 3. The van der Waals surface area contributed by atoms with Crippen LogP contribution >= 0.6 is 12.2 Å². The van der Waals surface area contributed by atoms with E-state index in [4.69, 9.17) is 22.4 Å². The van der Waals surface area contributed by atoms with Crippen molar-refractivity contribution in [2.75, 3.05) is 10.6 Å². The molecular formula is C15H13N5OS. The lowest BCUT2D eigenvalue weighted by Gasteiger charge is -2.04. The van der Waals surface area contributed by atoms with Gasteiger partial charge in [0.05, 0.1) is 0 Å². The molecule has 6 nitrogen and oxygen atoms in total. The van der Waals surface area contributed by atoms with Gasteiger partial charge in [0.2, 0.25) is 11.1 Å². The summed E-state index contributed by atoms with van der Waals surface area (Å²) in [6.45, 7) is 0. The molecular weight excluding hydrogens is 298 g/mol. The third-order valence-corrected chi connectivity index (χ3v) is 2.97. The first-order valence-electron chi connectivity index (χ1n) is 6.53. The van der Waals surface area contributed by atoms with E-state index in [9.17, 15) is 0 Å². The van der Waals surface area contributed by atoms with Crippen molar-refractivity contribution in [3.05, 3.63) is 54.6 Å². The minimum atomic E-state index is 0.0972. The molecule has 0 aliphatic rings. The van der Waals surface area contributed by atoms with Crippen LogP contribution in [0.1, 0.15) is 0 Å². The third kappa shape index (κ3) is 3.39. The highest BCUT2D eigenvalue weighted by Crippen LogP contribution is 2.17. The summed E-state index contributed by atoms with van der Waals surface area (Å²) in [5, 5.41) is 5.97. The Kier molecular flexibility index (Phi) is 3.97. The fourth-order valence-corrected chi connectivity index (χ4v) is 2.06. The van der Waals surface area contributed by atoms with Crippen LogP contribution < -0.4 is 16.4 Å². The van der Waals surface area contributed by atoms with Crippen LogP contribution in [-0.2, 0) is 0 Å². The van der Waals surface area contributed by atoms with Gasteiger partial charge in [-0.05, 0) is 36.5 Å². The molecule has 0 radical (unpaired) electrons. The fraction of sp³-hybridized carbons (Fsp3) is 0. The predicted octanol–water partition coefficient (Wildman–Crippen LogP) is 2.95. The first kappa shape index (κ1) is 14.0. The molecule has 7 heteroatoms. The van der Waals surface area contributed by atoms with Crippen molar-refractivity contribution in [3.8, 4) is 0 Å². The van der Waals surface area contributed by atoms with Gasteiger partial charge in [-0.2, -0.15) is 9.98 Å². The number of nitrogens with one attached hydrogen (secondary N) is 2. The number of hydrogen-bond donors (Lipinski definition) is 3. The van der Waals surface area contributed by atoms with Crippen LogP contribution in [0, 0.1) is 0 Å². The van der Waals surface area contributed by atoms with Gasteiger partial charge in [0.25, 0.3) is 0 Å². The van der Waals surface area contributed by atoms with Crippen molar-refractivity contribution in [2.24, 2.45) is 10.7 Å². The van der Waals surface area contributed by atoms with Gasteiger partial charge in [-0.25, -0.2) is 0 Å². The largest absolute Gasteiger partial charge is 0.423 e. The summed E-state index contributed by atoms with van der Waals surface area (Å²) in [4.78, 5) is 8.28. The standard InChI is InChI=1S/C15H13N5OS/c16-13(20-15(22)17-10-6-2-1-3-7-10)19-14-18-11-8-4-5-9-12(11)21-14/h1-9H,(H4,16,17,18,19,20,22). The summed E-state index contributed by atoms with van der Waals surface area (Å²) in [6, 6.07) is 17.2. The van der Waals surface area contributed by atoms with Crippen LogP contribution in [0.2, 0.25) is 0 Å². The second-order valence-electron chi connectivity index (χ2n) is 4.40. The minimum absolute atomic E-state index is 0.0972. The molecule has 0 saturated heterocycles. The average Bonchev–Trinajstić information content (AvgIpc) is 2.89. The maximum absolute atomic E-state index is 5.79. The fourth-order valence-electron chi connectivity index (χ4n) is 1.85. The van der Waals surface area contributed by atoms with Gasteiger partial charge in [0.1, 0.15) is 5.52 Å². The van der Waals surface area contributed by atoms with E-state index < -0.39 is 0 Å². The number of benzene rings is 2. The summed E-state index contributed by atoms with van der Waals surface area (Å²) >= 11 is 5.12. The van der Waals surface area contributed by atoms with Gasteiger partial charge in [0.15, 0.2) is 5.58 Å². The Morgan fingerprint density at radius 1 is 1.05 bits per heavy atom. The van der Waals surface area contributed by atoms with Gasteiger partial charge >= 0.3 is 6.01 Å². The Morgan fingerprint density at radius 3 is 2.55 bits per heavy atom. The molecule has 0 aliphatic carbocycles. The molecule has 0 amide bonds. The topological polar surface area (TPSA) is 88.5 Å². The molecule has 1 heterocycles. The Labute approximate surface area is 132 Å². The van der Waals surface area contributed by atoms with Crippen LogP contribution in [0.4, 0.5) is 11.7 Å². The number of guanidine groups is 1. The maximum atomic E-state index is 5.79. The lowest BCUT2D eigenvalue weighted by atomic mass is 10.3. The molecule has 0 saturated carbocycles. The predicted molar refractivity (Wildman–Crippen MR) is 91.9 cm³/mol. The van der Waals surface area contributed by atoms with Crippen molar-refractivity contribution in [2.45, 2.75) is 0 Å². The number of para-hydroxylation sites is 3. The first-order chi connectivity index (χ1) is 10.7. The van der Waals surface area contributed by atoms with Crippen LogP contribution in [0.5, 0.6) is 0 Å². The smallest absolute Gasteiger partial charge is 0.302 e. The summed E-state index contributed by atoms with van der Waals surface area (Å²) in [6.07, 6.45) is 0. The number of nitrogens with two attached hydrogens (primary N) is 1. The zero-order valence-corrected chi connectivity index (χ0v) is 12.3. The van der Waals surface area contributed by atoms with E-state index in [1.54, 1.807) is 0 Å². The van der Waals surface area contributed by atoms with Gasteiger partial charge in [0, 0.05) is 5.69 Å². The van der Waals surface area contributed by atoms with Crippen LogP contribution in [0.25, 0.3) is 11.1 Å². The van der Waals surface area contributed by atoms with Crippen LogP contribution in [-0.4, -0.2) is 16.1 Å². The number of thiocarbonyl (C=S) groups is 1. The first-order valence-corrected chi connectivity index (χ1v) is 6.94. The normalized spacial score (nSPS) is 11.4. The SMILES string of the molecule is N/C(=N\C(=S)Nc1ccccc1)Nc1nc2ccccc2o1. The number of aromatic nitrogens is 1. The lowest BCUT2D eigenvalue weighted by Crippen LogP contribution is -2.25. The average molecular weight is 311 g/mol. The second kappa shape index (κ2) is 6.23. The second-order valence-corrected chi connectivity index (χ2v) is 4.79. The number of fused-ring (bicyclic) bond motifs is 1. The molecule has 2 aromatic carbocycles. The molecule has 0 spiro atoms. The van der Waals surface area contributed by atoms with Crippen LogP contribution in [0.3, 0.4) is 0 Å². The minimum Gasteiger partial charge on any atom is -0.423 e. The van der Waals surface area contributed by atoms with Gasteiger partial charge < -0.3 is 15.5 Å². The molecule has 3 rings (SSSR count). The highest BCUT2D eigenvalue weighted by Gasteiger charge is 2.06. The molecule has 0 unspecified atom stereocenters. The number of rotatable bonds is 2. The lowest BCUT2D eigenvalue weighted by molar-refractivity contribution is 0.624. The molecule has 0 fully saturated rings. The van der Waals surface area contributed by atoms with Crippen molar-refractivity contribution in [1.29, 1.82) is 0 Å². The van der Waals surface area contributed by atoms with Gasteiger partial charge in [-0.1, -0.05) is 30.3 Å². The van der Waals surface area contributed by atoms with Crippen LogP contribution in [0.15, 0.2) is 64.0 Å². The molecule has 0 aliphatic heterocycles. The third-order valence-electron chi connectivity index (χ3n) is 2.78. The summed E-state index contributed by atoms with van der Waals surface area (Å²) in [7, 11) is 0. The van der Waals surface area contributed by atoms with E-state index in [1.807, 2.05) is 54.6 Å². The summed E-state index contributed by atoms with van der Waals surface area (Å²) < 4.78 is 5.49. The highest BCUT2D eigenvalue weighted by molar-refractivity contribution is 7.80. The van der Waals surface area contributed by atoms with E-state index in [1.165, 1.54) is 0 Å². The quantitative estimate of drug-likeness (QED) is 0.383. The van der Waals surface area contributed by atoms with Gasteiger partial charge in [-0.15, -0.1) is 0 Å². The van der Waals surface area contributed by atoms with Crippen molar-refractivity contribution in [3.63, 3.8) is 0 Å². The highest BCUT2D eigenvalue weighted by atomic mass is 32.1. The number of nitrogens with zero attached hydrogens (tertiary/aromatic N) is 2. The summed E-state index contributed by atoms with van der Waals surface area (Å²) in [5.74, 6) is 0.0972. The summed E-state index contributed by atoms with van der Waals surface area (Å²) in [5.41, 5.74) is 8.04. The molecule has 0 bridgehead atoms. The number of anilines is 2. The van der Waals surface area contributed by atoms with Crippen molar-refractivity contribution < 1.29 is 4.42 Å². The number of oxazole rings is 1. The number of aliphatic imine (C=N–C) groups is 1. The van der Waals surface area contributed by atoms with Gasteiger partial charge in [-0.3, -0.25) is 5.32 Å². The van der Waals surface area contributed by atoms with Crippen molar-refractivity contribution >= 4 is 46.1 Å². The van der Waals surface area contributed by atoms with E-state index >= 15 is 0 Å². The van der Waals surface area contributed by atoms with E-state index in [2.05, 4.69) is 20.6 Å². The Hall–Kier alpha value is -2.93. The zero-order valence-electron chi connectivity index (χ0n) is 11.5. The molecule has 0 atom stereocenters. The zero-order chi connectivity index (χ0) is 15.4. The van der Waals surface area contributed by atoms with E-state index in [-0.39, 0.29) is 17.1 Å². The molecule has 3 aromatic rings. The monoisotopic (exact) mass is 311 g/mol. The molecule has 1 aromatic heterocycles. The Balaban J connectivity index is 1.67.